The van der Waals surface area contributed by atoms with Crippen molar-refractivity contribution in [2.75, 3.05) is 39.8 Å². The number of nitrogens with zero attached hydrogens (tertiary/aromatic N) is 3. The minimum Gasteiger partial charge on any atom is -0.329 e. The molecular weight excluding hydrogens is 264 g/mol. The van der Waals surface area contributed by atoms with Crippen LogP contribution in [0.1, 0.15) is 26.2 Å². The van der Waals surface area contributed by atoms with Crippen LogP contribution in [-0.2, 0) is 10.2 Å². The highest BCUT2D eigenvalue weighted by Crippen LogP contribution is 2.24. The van der Waals surface area contributed by atoms with Crippen molar-refractivity contribution in [3.05, 3.63) is 0 Å². The van der Waals surface area contributed by atoms with Gasteiger partial charge in [0.1, 0.15) is 0 Å². The quantitative estimate of drug-likeness (QED) is 0.773. The van der Waals surface area contributed by atoms with Crippen molar-refractivity contribution in [2.24, 2.45) is 5.73 Å². The summed E-state index contributed by atoms with van der Waals surface area (Å²) in [5.41, 5.74) is 5.74. The number of rotatable bonds is 3. The van der Waals surface area contributed by atoms with E-state index in [4.69, 9.17) is 5.73 Å². The van der Waals surface area contributed by atoms with Gasteiger partial charge in [0, 0.05) is 44.8 Å². The van der Waals surface area contributed by atoms with Crippen LogP contribution in [-0.4, -0.2) is 73.8 Å². The topological polar surface area (TPSA) is 69.9 Å². The summed E-state index contributed by atoms with van der Waals surface area (Å²) in [6.07, 6.45) is 2.90. The summed E-state index contributed by atoms with van der Waals surface area (Å²) < 4.78 is 28.9. The first-order valence-electron chi connectivity index (χ1n) is 7.14. The summed E-state index contributed by atoms with van der Waals surface area (Å²) in [6, 6.07) is 0.00899. The van der Waals surface area contributed by atoms with Crippen molar-refractivity contribution in [1.29, 1.82) is 0 Å². The third-order valence-electron chi connectivity index (χ3n) is 4.21. The Morgan fingerprint density at radius 3 is 2.53 bits per heavy atom. The predicted octanol–water partition coefficient (Wildman–Crippen LogP) is -0.320. The van der Waals surface area contributed by atoms with Crippen LogP contribution in [0.4, 0.5) is 0 Å². The van der Waals surface area contributed by atoms with Crippen molar-refractivity contribution in [3.63, 3.8) is 0 Å². The van der Waals surface area contributed by atoms with E-state index in [-0.39, 0.29) is 12.1 Å². The highest BCUT2D eigenvalue weighted by atomic mass is 32.2. The molecule has 0 aromatic rings. The molecule has 2 unspecified atom stereocenters. The standard InChI is InChI=1S/C12H26N4O2S/c1-11-10-14(2)7-8-15(11)19(17,18)16-6-4-3-5-12(16)9-13/h11-12H,3-10,13H2,1-2H3. The lowest BCUT2D eigenvalue weighted by atomic mass is 10.1. The molecule has 2 aliphatic rings. The number of piperazine rings is 1. The maximum atomic E-state index is 12.8. The molecule has 0 amide bonds. The summed E-state index contributed by atoms with van der Waals surface area (Å²) in [5, 5.41) is 0. The molecule has 7 heteroatoms. The molecule has 2 N–H and O–H groups in total. The Bertz CT molecular complexity index is 401. The SMILES string of the molecule is CC1CN(C)CCN1S(=O)(=O)N1CCCCC1CN. The van der Waals surface area contributed by atoms with Gasteiger partial charge in [-0.05, 0) is 26.8 Å². The van der Waals surface area contributed by atoms with E-state index in [1.54, 1.807) is 8.61 Å². The van der Waals surface area contributed by atoms with E-state index >= 15 is 0 Å². The van der Waals surface area contributed by atoms with E-state index < -0.39 is 10.2 Å². The molecule has 0 aliphatic carbocycles. The van der Waals surface area contributed by atoms with E-state index in [2.05, 4.69) is 4.90 Å². The third kappa shape index (κ3) is 3.11. The van der Waals surface area contributed by atoms with Gasteiger partial charge in [0.2, 0.25) is 0 Å². The van der Waals surface area contributed by atoms with Crippen molar-refractivity contribution >= 4 is 10.2 Å². The summed E-state index contributed by atoms with van der Waals surface area (Å²) in [5.74, 6) is 0. The van der Waals surface area contributed by atoms with E-state index in [9.17, 15) is 8.42 Å². The molecule has 2 heterocycles. The molecule has 19 heavy (non-hydrogen) atoms. The second kappa shape index (κ2) is 6.05. The summed E-state index contributed by atoms with van der Waals surface area (Å²) in [7, 11) is -1.33. The van der Waals surface area contributed by atoms with Gasteiger partial charge in [-0.2, -0.15) is 17.0 Å². The van der Waals surface area contributed by atoms with Crippen molar-refractivity contribution in [3.8, 4) is 0 Å². The van der Waals surface area contributed by atoms with Gasteiger partial charge in [-0.3, -0.25) is 0 Å². The predicted molar refractivity (Wildman–Crippen MR) is 76.0 cm³/mol. The minimum atomic E-state index is -3.36. The van der Waals surface area contributed by atoms with Crippen molar-refractivity contribution < 1.29 is 8.42 Å². The average molecular weight is 290 g/mol. The first kappa shape index (κ1) is 15.2. The van der Waals surface area contributed by atoms with Crippen LogP contribution in [0.3, 0.4) is 0 Å². The van der Waals surface area contributed by atoms with Crippen LogP contribution in [0.15, 0.2) is 0 Å². The van der Waals surface area contributed by atoms with E-state index in [1.807, 2.05) is 14.0 Å². The van der Waals surface area contributed by atoms with Gasteiger partial charge in [-0.25, -0.2) is 0 Å². The Balaban J connectivity index is 2.16. The molecule has 0 radical (unpaired) electrons. The van der Waals surface area contributed by atoms with Crippen LogP contribution in [0, 0.1) is 0 Å². The molecule has 0 spiro atoms. The molecule has 6 nitrogen and oxygen atoms in total. The summed E-state index contributed by atoms with van der Waals surface area (Å²) >= 11 is 0. The second-order valence-corrected chi connectivity index (χ2v) is 7.56. The Labute approximate surface area is 116 Å². The molecule has 2 fully saturated rings. The maximum absolute atomic E-state index is 12.8. The van der Waals surface area contributed by atoms with Gasteiger partial charge < -0.3 is 10.6 Å². The maximum Gasteiger partial charge on any atom is 0.282 e. The van der Waals surface area contributed by atoms with Crippen LogP contribution in [0.25, 0.3) is 0 Å². The molecule has 2 atom stereocenters. The number of nitrogens with two attached hydrogens (primary N) is 1. The normalized spacial score (nSPS) is 32.6. The highest BCUT2D eigenvalue weighted by molar-refractivity contribution is 7.86. The number of likely N-dealkylation sites (N-methyl/N-ethyl adjacent to an activating group) is 1. The average Bonchev–Trinajstić information content (AvgIpc) is 2.38. The van der Waals surface area contributed by atoms with Crippen LogP contribution in [0.5, 0.6) is 0 Å². The Hall–Kier alpha value is -0.210. The number of hydrogen-bond donors (Lipinski definition) is 1. The molecule has 0 aromatic carbocycles. The fourth-order valence-electron chi connectivity index (χ4n) is 3.11. The van der Waals surface area contributed by atoms with Crippen molar-refractivity contribution in [1.82, 2.24) is 13.5 Å². The van der Waals surface area contributed by atoms with Crippen LogP contribution in [0.2, 0.25) is 0 Å². The molecule has 2 rings (SSSR count). The zero-order valence-corrected chi connectivity index (χ0v) is 12.8. The van der Waals surface area contributed by atoms with Gasteiger partial charge in [0.25, 0.3) is 10.2 Å². The van der Waals surface area contributed by atoms with Crippen LogP contribution >= 0.6 is 0 Å². The highest BCUT2D eigenvalue weighted by Gasteiger charge is 2.39. The molecule has 112 valence electrons. The number of hydrogen-bond acceptors (Lipinski definition) is 4. The summed E-state index contributed by atoms with van der Waals surface area (Å²) in [4.78, 5) is 2.17. The lowest BCUT2D eigenvalue weighted by molar-refractivity contribution is 0.151. The number of piperidine rings is 1. The minimum absolute atomic E-state index is 0.0226. The van der Waals surface area contributed by atoms with Gasteiger partial charge in [-0.1, -0.05) is 6.42 Å². The molecule has 2 aliphatic heterocycles. The van der Waals surface area contributed by atoms with E-state index in [0.29, 0.717) is 19.6 Å². The largest absolute Gasteiger partial charge is 0.329 e. The molecule has 2 saturated heterocycles. The third-order valence-corrected chi connectivity index (χ3v) is 6.42. The monoisotopic (exact) mass is 290 g/mol. The second-order valence-electron chi connectivity index (χ2n) is 5.73. The smallest absolute Gasteiger partial charge is 0.282 e. The van der Waals surface area contributed by atoms with Gasteiger partial charge >= 0.3 is 0 Å². The Morgan fingerprint density at radius 2 is 1.89 bits per heavy atom. The zero-order valence-electron chi connectivity index (χ0n) is 12.0. The van der Waals surface area contributed by atoms with Gasteiger partial charge in [0.15, 0.2) is 0 Å². The zero-order chi connectivity index (χ0) is 14.0. The van der Waals surface area contributed by atoms with Crippen molar-refractivity contribution in [2.45, 2.75) is 38.3 Å². The summed E-state index contributed by atoms with van der Waals surface area (Å²) in [6.45, 7) is 5.18. The molecule has 0 bridgehead atoms. The lowest BCUT2D eigenvalue weighted by Crippen LogP contribution is -2.59. The van der Waals surface area contributed by atoms with Crippen LogP contribution < -0.4 is 5.73 Å². The Kier molecular flexibility index (Phi) is 4.84. The first-order valence-corrected chi connectivity index (χ1v) is 8.53. The molecule has 0 saturated carbocycles. The van der Waals surface area contributed by atoms with Gasteiger partial charge in [0.05, 0.1) is 0 Å². The lowest BCUT2D eigenvalue weighted by Gasteiger charge is -2.42. The van der Waals surface area contributed by atoms with E-state index in [0.717, 1.165) is 32.4 Å². The molecule has 0 aromatic heterocycles. The fourth-order valence-corrected chi connectivity index (χ4v) is 5.15. The Morgan fingerprint density at radius 1 is 1.16 bits per heavy atom. The van der Waals surface area contributed by atoms with Gasteiger partial charge in [-0.15, -0.1) is 0 Å². The first-order chi connectivity index (χ1) is 8.96. The fraction of sp³-hybridized carbons (Fsp3) is 1.00. The molecular formula is C12H26N4O2S. The van der Waals surface area contributed by atoms with E-state index in [1.165, 1.54) is 0 Å².